The maximum Gasteiger partial charge on any atom is 0.269 e. The molecule has 1 aliphatic rings. The van der Waals surface area contributed by atoms with E-state index in [1.165, 1.54) is 36.0 Å². The first kappa shape index (κ1) is 22.6. The number of thiocarbonyl (C=S) groups is 1. The molecule has 0 bridgehead atoms. The summed E-state index contributed by atoms with van der Waals surface area (Å²) in [6.45, 7) is 0.529. The van der Waals surface area contributed by atoms with E-state index in [0.717, 1.165) is 18.4 Å². The van der Waals surface area contributed by atoms with E-state index in [4.69, 9.17) is 12.2 Å². The summed E-state index contributed by atoms with van der Waals surface area (Å²) in [7, 11) is 0. The lowest BCUT2D eigenvalue weighted by Gasteiger charge is -2.14. The van der Waals surface area contributed by atoms with Crippen LogP contribution in [0.2, 0.25) is 0 Å². The van der Waals surface area contributed by atoms with Gasteiger partial charge in [-0.05, 0) is 36.6 Å². The lowest BCUT2D eigenvalue weighted by atomic mass is 10.1. The summed E-state index contributed by atoms with van der Waals surface area (Å²) in [6.07, 6.45) is 4.39. The van der Waals surface area contributed by atoms with E-state index in [1.807, 2.05) is 36.4 Å². The highest BCUT2D eigenvalue weighted by molar-refractivity contribution is 8.26. The molecule has 2 aromatic carbocycles. The van der Waals surface area contributed by atoms with E-state index >= 15 is 0 Å². The Morgan fingerprint density at radius 2 is 1.81 bits per heavy atom. The summed E-state index contributed by atoms with van der Waals surface area (Å²) in [5.74, 6) is -0.222. The van der Waals surface area contributed by atoms with Gasteiger partial charge < -0.3 is 5.32 Å². The van der Waals surface area contributed by atoms with Crippen molar-refractivity contribution in [2.24, 2.45) is 0 Å². The summed E-state index contributed by atoms with van der Waals surface area (Å²) in [6, 6.07) is 15.4. The number of anilines is 1. The van der Waals surface area contributed by atoms with E-state index in [1.54, 1.807) is 4.90 Å². The van der Waals surface area contributed by atoms with Crippen molar-refractivity contribution in [1.82, 2.24) is 4.90 Å². The van der Waals surface area contributed by atoms with Crippen molar-refractivity contribution in [3.05, 3.63) is 75.2 Å². The van der Waals surface area contributed by atoms with E-state index in [0.29, 0.717) is 34.3 Å². The molecule has 1 saturated heterocycles. The first-order chi connectivity index (χ1) is 14.9. The number of hydrogen-bond acceptors (Lipinski definition) is 6. The second-order valence-corrected chi connectivity index (χ2v) is 8.58. The minimum Gasteiger partial charge on any atom is -0.326 e. The number of nitro benzene ring substituents is 1. The van der Waals surface area contributed by atoms with Gasteiger partial charge in [0, 0.05) is 30.8 Å². The SMILES string of the molecule is O=C(CCCCCN1C(=O)/C(=C/c2ccccc2)SC1=S)Nc1ccc([N+](=O)[O-])cc1. The summed E-state index contributed by atoms with van der Waals surface area (Å²) >= 11 is 6.66. The zero-order valence-corrected chi connectivity index (χ0v) is 18.3. The van der Waals surface area contributed by atoms with Crippen LogP contribution in [0.15, 0.2) is 59.5 Å². The molecule has 0 aromatic heterocycles. The number of nitro groups is 1. The fraction of sp³-hybridized carbons (Fsp3) is 0.227. The molecule has 1 aliphatic heterocycles. The van der Waals surface area contributed by atoms with E-state index in [9.17, 15) is 19.7 Å². The van der Waals surface area contributed by atoms with E-state index in [-0.39, 0.29) is 17.5 Å². The third-order valence-corrected chi connectivity index (χ3v) is 6.00. The third-order valence-electron chi connectivity index (χ3n) is 4.62. The van der Waals surface area contributed by atoms with Crippen molar-refractivity contribution < 1.29 is 14.5 Å². The Bertz CT molecular complexity index is 1010. The smallest absolute Gasteiger partial charge is 0.269 e. The molecule has 160 valence electrons. The second-order valence-electron chi connectivity index (χ2n) is 6.91. The first-order valence-electron chi connectivity index (χ1n) is 9.79. The van der Waals surface area contributed by atoms with Crippen molar-refractivity contribution >= 4 is 57.6 Å². The summed E-state index contributed by atoms with van der Waals surface area (Å²) in [5, 5.41) is 13.4. The maximum absolute atomic E-state index is 12.6. The van der Waals surface area contributed by atoms with E-state index < -0.39 is 4.92 Å². The topological polar surface area (TPSA) is 92.6 Å². The lowest BCUT2D eigenvalue weighted by Crippen LogP contribution is -2.29. The van der Waals surface area contributed by atoms with Gasteiger partial charge in [-0.1, -0.05) is 60.7 Å². The van der Waals surface area contributed by atoms with Crippen LogP contribution in [0.4, 0.5) is 11.4 Å². The molecule has 31 heavy (non-hydrogen) atoms. The Labute approximate surface area is 189 Å². The van der Waals surface area contributed by atoms with Crippen molar-refractivity contribution in [1.29, 1.82) is 0 Å². The molecule has 1 fully saturated rings. The number of nitrogens with zero attached hydrogens (tertiary/aromatic N) is 2. The normalized spacial score (nSPS) is 14.8. The number of carbonyl (C=O) groups excluding carboxylic acids is 2. The molecular weight excluding hydrogens is 434 g/mol. The highest BCUT2D eigenvalue weighted by Crippen LogP contribution is 2.32. The number of carbonyl (C=O) groups is 2. The van der Waals surface area contributed by atoms with Crippen LogP contribution >= 0.6 is 24.0 Å². The number of amides is 2. The van der Waals surface area contributed by atoms with Gasteiger partial charge in [-0.2, -0.15) is 0 Å². The van der Waals surface area contributed by atoms with Gasteiger partial charge in [0.25, 0.3) is 11.6 Å². The van der Waals surface area contributed by atoms with Crippen molar-refractivity contribution in [3.63, 3.8) is 0 Å². The highest BCUT2D eigenvalue weighted by atomic mass is 32.2. The summed E-state index contributed by atoms with van der Waals surface area (Å²) in [4.78, 5) is 37.0. The van der Waals surface area contributed by atoms with Crippen molar-refractivity contribution in [2.45, 2.75) is 25.7 Å². The van der Waals surface area contributed by atoms with Crippen LogP contribution in [0.1, 0.15) is 31.2 Å². The van der Waals surface area contributed by atoms with Crippen molar-refractivity contribution in [2.75, 3.05) is 11.9 Å². The largest absolute Gasteiger partial charge is 0.326 e. The maximum atomic E-state index is 12.6. The molecule has 0 atom stereocenters. The van der Waals surface area contributed by atoms with Crippen LogP contribution in [-0.4, -0.2) is 32.5 Å². The van der Waals surface area contributed by atoms with Gasteiger partial charge in [0.1, 0.15) is 4.32 Å². The van der Waals surface area contributed by atoms with Crippen LogP contribution in [-0.2, 0) is 9.59 Å². The Morgan fingerprint density at radius 3 is 2.48 bits per heavy atom. The number of hydrogen-bond donors (Lipinski definition) is 1. The molecule has 7 nitrogen and oxygen atoms in total. The molecule has 0 spiro atoms. The van der Waals surface area contributed by atoms with Crippen LogP contribution in [0.3, 0.4) is 0 Å². The number of non-ortho nitro benzene ring substituents is 1. The quantitative estimate of drug-likeness (QED) is 0.188. The summed E-state index contributed by atoms with van der Waals surface area (Å²) in [5.41, 5.74) is 1.47. The molecule has 3 rings (SSSR count). The fourth-order valence-electron chi connectivity index (χ4n) is 3.02. The fourth-order valence-corrected chi connectivity index (χ4v) is 4.32. The Hall–Kier alpha value is -3.04. The number of unbranched alkanes of at least 4 members (excludes halogenated alkanes) is 2. The molecule has 0 aliphatic carbocycles. The number of rotatable bonds is 9. The monoisotopic (exact) mass is 455 g/mol. The Balaban J connectivity index is 1.39. The first-order valence-corrected chi connectivity index (χ1v) is 11.0. The molecular formula is C22H21N3O4S2. The summed E-state index contributed by atoms with van der Waals surface area (Å²) < 4.78 is 0.558. The third kappa shape index (κ3) is 6.47. The van der Waals surface area contributed by atoms with Crippen molar-refractivity contribution in [3.8, 4) is 0 Å². The van der Waals surface area contributed by atoms with Crippen LogP contribution in [0.25, 0.3) is 6.08 Å². The number of thioether (sulfide) groups is 1. The molecule has 9 heteroatoms. The van der Waals surface area contributed by atoms with Gasteiger partial charge in [-0.3, -0.25) is 24.6 Å². The molecule has 0 radical (unpaired) electrons. The molecule has 2 amide bonds. The van der Waals surface area contributed by atoms with Crippen LogP contribution < -0.4 is 5.32 Å². The van der Waals surface area contributed by atoms with Gasteiger partial charge in [0.15, 0.2) is 0 Å². The molecule has 1 N–H and O–H groups in total. The Kier molecular flexibility index (Phi) is 7.91. The minimum absolute atomic E-state index is 0.0210. The number of benzene rings is 2. The zero-order chi connectivity index (χ0) is 22.2. The zero-order valence-electron chi connectivity index (χ0n) is 16.7. The van der Waals surface area contributed by atoms with Gasteiger partial charge in [0.05, 0.1) is 9.83 Å². The predicted octanol–water partition coefficient (Wildman–Crippen LogP) is 5.00. The lowest BCUT2D eigenvalue weighted by molar-refractivity contribution is -0.384. The average molecular weight is 456 g/mol. The second kappa shape index (κ2) is 10.8. The predicted molar refractivity (Wildman–Crippen MR) is 127 cm³/mol. The molecule has 0 unspecified atom stereocenters. The standard InChI is InChI=1S/C22H21N3O4S2/c26-20(23-17-10-12-18(13-11-17)25(28)29)9-5-2-6-14-24-21(27)19(31-22(24)30)15-16-7-3-1-4-8-16/h1,3-4,7-8,10-13,15H,2,5-6,9,14H2,(H,23,26)/b19-15-. The Morgan fingerprint density at radius 1 is 1.10 bits per heavy atom. The van der Waals surface area contributed by atoms with Gasteiger partial charge in [-0.15, -0.1) is 0 Å². The van der Waals surface area contributed by atoms with Gasteiger partial charge in [-0.25, -0.2) is 0 Å². The van der Waals surface area contributed by atoms with Crippen LogP contribution in [0, 0.1) is 10.1 Å². The van der Waals surface area contributed by atoms with Crippen LogP contribution in [0.5, 0.6) is 0 Å². The average Bonchev–Trinajstić information content (AvgIpc) is 3.01. The molecule has 1 heterocycles. The molecule has 2 aromatic rings. The minimum atomic E-state index is -0.485. The highest BCUT2D eigenvalue weighted by Gasteiger charge is 2.31. The van der Waals surface area contributed by atoms with Gasteiger partial charge in [0.2, 0.25) is 5.91 Å². The number of nitrogens with one attached hydrogen (secondary N) is 1. The van der Waals surface area contributed by atoms with Gasteiger partial charge >= 0.3 is 0 Å². The van der Waals surface area contributed by atoms with E-state index in [2.05, 4.69) is 5.32 Å². The molecule has 0 saturated carbocycles.